The lowest BCUT2D eigenvalue weighted by molar-refractivity contribution is 0.716. The fourth-order valence-corrected chi connectivity index (χ4v) is 1.97. The third-order valence-electron chi connectivity index (χ3n) is 1.59. The summed E-state index contributed by atoms with van der Waals surface area (Å²) in [6.45, 7) is 0. The predicted molar refractivity (Wildman–Crippen MR) is 48.0 cm³/mol. The highest BCUT2D eigenvalue weighted by Crippen LogP contribution is 2.30. The highest BCUT2D eigenvalue weighted by atomic mass is 79.9. The van der Waals surface area contributed by atoms with Crippen LogP contribution in [0.5, 0.6) is 0 Å². The summed E-state index contributed by atoms with van der Waals surface area (Å²) < 4.78 is 2.75. The number of allylic oxidation sites excluding steroid dienone is 2. The average Bonchev–Trinajstić information content (AvgIpc) is 1.99. The maximum atomic E-state index is 3.54. The highest BCUT2D eigenvalue weighted by Gasteiger charge is 2.04. The van der Waals surface area contributed by atoms with Crippen molar-refractivity contribution >= 4 is 31.9 Å². The van der Waals surface area contributed by atoms with Gasteiger partial charge in [-0.15, -0.1) is 0 Å². The molecule has 0 aromatic rings. The molecule has 0 aliphatic heterocycles. The van der Waals surface area contributed by atoms with Gasteiger partial charge in [-0.2, -0.15) is 0 Å². The second kappa shape index (κ2) is 3.77. The molecule has 0 saturated carbocycles. The molecule has 0 heterocycles. The van der Waals surface area contributed by atoms with Crippen LogP contribution in [-0.2, 0) is 0 Å². The van der Waals surface area contributed by atoms with Crippen LogP contribution >= 0.6 is 31.9 Å². The van der Waals surface area contributed by atoms with E-state index in [0.717, 1.165) is 0 Å². The molecule has 0 radical (unpaired) electrons. The van der Waals surface area contributed by atoms with Gasteiger partial charge in [0.2, 0.25) is 0 Å². The lowest BCUT2D eigenvalue weighted by Gasteiger charge is -1.94. The maximum Gasteiger partial charge on any atom is 0.00518 e. The van der Waals surface area contributed by atoms with Gasteiger partial charge in [-0.25, -0.2) is 0 Å². The van der Waals surface area contributed by atoms with Gasteiger partial charge in [0.25, 0.3) is 0 Å². The van der Waals surface area contributed by atoms with Gasteiger partial charge in [0.05, 0.1) is 0 Å². The second-order valence-corrected chi connectivity index (χ2v) is 4.28. The van der Waals surface area contributed by atoms with Crippen LogP contribution in [0.2, 0.25) is 0 Å². The van der Waals surface area contributed by atoms with Crippen LogP contribution < -0.4 is 0 Å². The zero-order valence-electron chi connectivity index (χ0n) is 5.29. The summed E-state index contributed by atoms with van der Waals surface area (Å²) >= 11 is 7.07. The van der Waals surface area contributed by atoms with Crippen molar-refractivity contribution in [1.29, 1.82) is 0 Å². The van der Waals surface area contributed by atoms with Gasteiger partial charge in [-0.05, 0) is 25.7 Å². The zero-order chi connectivity index (χ0) is 6.69. The van der Waals surface area contributed by atoms with Crippen LogP contribution in [0.3, 0.4) is 0 Å². The first-order valence-corrected chi connectivity index (χ1v) is 4.92. The van der Waals surface area contributed by atoms with E-state index < -0.39 is 0 Å². The Hall–Kier alpha value is 0.700. The molecule has 0 atom stereocenters. The van der Waals surface area contributed by atoms with Crippen molar-refractivity contribution in [1.82, 2.24) is 0 Å². The van der Waals surface area contributed by atoms with Gasteiger partial charge in [-0.3, -0.25) is 0 Å². The number of halogens is 2. The Morgan fingerprint density at radius 1 is 0.778 bits per heavy atom. The lowest BCUT2D eigenvalue weighted by Crippen LogP contribution is -1.71. The van der Waals surface area contributed by atoms with Crippen LogP contribution in [0, 0.1) is 0 Å². The Morgan fingerprint density at radius 3 is 1.67 bits per heavy atom. The molecule has 1 aliphatic carbocycles. The molecule has 9 heavy (non-hydrogen) atoms. The van der Waals surface area contributed by atoms with Crippen LogP contribution in [0.4, 0.5) is 0 Å². The molecule has 1 rings (SSSR count). The van der Waals surface area contributed by atoms with Crippen molar-refractivity contribution in [2.24, 2.45) is 0 Å². The van der Waals surface area contributed by atoms with E-state index in [1.807, 2.05) is 0 Å². The van der Waals surface area contributed by atoms with E-state index in [0.29, 0.717) is 0 Å². The normalized spacial score (nSPS) is 22.0. The molecule has 0 aromatic heterocycles. The molecule has 0 N–H and O–H groups in total. The lowest BCUT2D eigenvalue weighted by atomic mass is 10.2. The summed E-state index contributed by atoms with van der Waals surface area (Å²) in [5.74, 6) is 0. The number of hydrogen-bond acceptors (Lipinski definition) is 0. The SMILES string of the molecule is BrC1=C(Br)CCCCC1. The average molecular weight is 254 g/mol. The van der Waals surface area contributed by atoms with Crippen molar-refractivity contribution in [2.45, 2.75) is 32.1 Å². The van der Waals surface area contributed by atoms with Crippen LogP contribution in [0.25, 0.3) is 0 Å². The summed E-state index contributed by atoms with van der Waals surface area (Å²) in [6.07, 6.45) is 6.51. The molecule has 0 amide bonds. The first kappa shape index (κ1) is 7.80. The second-order valence-electron chi connectivity index (χ2n) is 2.37. The van der Waals surface area contributed by atoms with Gasteiger partial charge in [0, 0.05) is 8.96 Å². The van der Waals surface area contributed by atoms with E-state index in [4.69, 9.17) is 0 Å². The van der Waals surface area contributed by atoms with Crippen LogP contribution in [-0.4, -0.2) is 0 Å². The molecule has 2 heteroatoms. The van der Waals surface area contributed by atoms with E-state index in [1.165, 1.54) is 41.1 Å². The Kier molecular flexibility index (Phi) is 3.27. The fraction of sp³-hybridized carbons (Fsp3) is 0.714. The molecular weight excluding hydrogens is 244 g/mol. The van der Waals surface area contributed by atoms with E-state index in [2.05, 4.69) is 31.9 Å². The summed E-state index contributed by atoms with van der Waals surface area (Å²) in [6, 6.07) is 0. The largest absolute Gasteiger partial charge is 0.0548 e. The Morgan fingerprint density at radius 2 is 1.22 bits per heavy atom. The van der Waals surface area contributed by atoms with Gasteiger partial charge >= 0.3 is 0 Å². The quantitative estimate of drug-likeness (QED) is 0.613. The summed E-state index contributed by atoms with van der Waals surface area (Å²) in [4.78, 5) is 0. The summed E-state index contributed by atoms with van der Waals surface area (Å²) in [5, 5.41) is 0. The maximum absolute atomic E-state index is 3.54. The van der Waals surface area contributed by atoms with Crippen molar-refractivity contribution in [2.75, 3.05) is 0 Å². The van der Waals surface area contributed by atoms with E-state index in [1.54, 1.807) is 0 Å². The molecule has 0 unspecified atom stereocenters. The predicted octanol–water partition coefficient (Wildman–Crippen LogP) is 3.95. The van der Waals surface area contributed by atoms with Gasteiger partial charge in [0.15, 0.2) is 0 Å². The van der Waals surface area contributed by atoms with Gasteiger partial charge in [-0.1, -0.05) is 38.3 Å². The Balaban J connectivity index is 2.55. The minimum Gasteiger partial charge on any atom is -0.0548 e. The van der Waals surface area contributed by atoms with Crippen molar-refractivity contribution in [3.63, 3.8) is 0 Å². The third-order valence-corrected chi connectivity index (χ3v) is 3.87. The third kappa shape index (κ3) is 2.42. The van der Waals surface area contributed by atoms with Crippen LogP contribution in [0.15, 0.2) is 8.96 Å². The van der Waals surface area contributed by atoms with E-state index in [9.17, 15) is 0 Å². The van der Waals surface area contributed by atoms with Gasteiger partial charge in [0.1, 0.15) is 0 Å². The molecular formula is C7H10Br2. The Labute approximate surface area is 73.0 Å². The summed E-state index contributed by atoms with van der Waals surface area (Å²) in [7, 11) is 0. The number of rotatable bonds is 0. The summed E-state index contributed by atoms with van der Waals surface area (Å²) in [5.41, 5.74) is 0. The topological polar surface area (TPSA) is 0 Å². The monoisotopic (exact) mass is 252 g/mol. The van der Waals surface area contributed by atoms with Crippen molar-refractivity contribution in [3.8, 4) is 0 Å². The first-order chi connectivity index (χ1) is 4.30. The molecule has 0 spiro atoms. The molecule has 1 aliphatic rings. The minimum atomic E-state index is 1.22. The highest BCUT2D eigenvalue weighted by molar-refractivity contribution is 9.14. The molecule has 0 saturated heterocycles. The number of hydrogen-bond donors (Lipinski definition) is 0. The van der Waals surface area contributed by atoms with Crippen molar-refractivity contribution < 1.29 is 0 Å². The standard InChI is InChI=1S/C7H10Br2/c8-6-4-2-1-3-5-7(6)9/h1-5H2. The molecule has 0 aromatic carbocycles. The molecule has 0 bridgehead atoms. The zero-order valence-corrected chi connectivity index (χ0v) is 8.46. The smallest absolute Gasteiger partial charge is 0.00518 e. The van der Waals surface area contributed by atoms with E-state index in [-0.39, 0.29) is 0 Å². The first-order valence-electron chi connectivity index (χ1n) is 3.34. The van der Waals surface area contributed by atoms with Crippen LogP contribution in [0.1, 0.15) is 32.1 Å². The van der Waals surface area contributed by atoms with Gasteiger partial charge < -0.3 is 0 Å². The Bertz CT molecular complexity index is 113. The molecule has 0 nitrogen and oxygen atoms in total. The molecule has 0 fully saturated rings. The van der Waals surface area contributed by atoms with E-state index >= 15 is 0 Å². The fourth-order valence-electron chi connectivity index (χ4n) is 1.01. The minimum absolute atomic E-state index is 1.22. The van der Waals surface area contributed by atoms with Crippen molar-refractivity contribution in [3.05, 3.63) is 8.96 Å². The molecule has 52 valence electrons.